The molecule has 1 saturated heterocycles. The van der Waals surface area contributed by atoms with Crippen molar-refractivity contribution in [3.8, 4) is 0 Å². The third kappa shape index (κ3) is 2.09. The summed E-state index contributed by atoms with van der Waals surface area (Å²) in [5.74, 6) is -0.550. The lowest BCUT2D eigenvalue weighted by molar-refractivity contribution is -0.142. The lowest BCUT2D eigenvalue weighted by atomic mass is 9.94. The number of thiophene rings is 1. The van der Waals surface area contributed by atoms with Gasteiger partial charge in [-0.05, 0) is 37.7 Å². The largest absolute Gasteiger partial charge is 0.480 e. The molecule has 3 unspecified atom stereocenters. The summed E-state index contributed by atoms with van der Waals surface area (Å²) < 4.78 is 1.78. The zero-order chi connectivity index (χ0) is 16.3. The van der Waals surface area contributed by atoms with Gasteiger partial charge in [-0.15, -0.1) is 11.3 Å². The first-order valence-electron chi connectivity index (χ1n) is 7.94. The number of likely N-dealkylation sites (tertiary alicyclic amines) is 1. The van der Waals surface area contributed by atoms with Gasteiger partial charge < -0.3 is 10.0 Å². The molecule has 0 radical (unpaired) electrons. The Hall–Kier alpha value is -1.89. The van der Waals surface area contributed by atoms with E-state index in [2.05, 4.69) is 5.10 Å². The van der Waals surface area contributed by atoms with Crippen LogP contribution >= 0.6 is 11.3 Å². The molecule has 2 fully saturated rings. The van der Waals surface area contributed by atoms with E-state index in [1.54, 1.807) is 9.58 Å². The highest BCUT2D eigenvalue weighted by molar-refractivity contribution is 7.20. The summed E-state index contributed by atoms with van der Waals surface area (Å²) in [4.78, 5) is 27.8. The number of hydrogen-bond donors (Lipinski definition) is 1. The van der Waals surface area contributed by atoms with Gasteiger partial charge in [0.25, 0.3) is 5.91 Å². The van der Waals surface area contributed by atoms with E-state index in [0.717, 1.165) is 35.2 Å². The highest BCUT2D eigenvalue weighted by atomic mass is 32.1. The highest BCUT2D eigenvalue weighted by Crippen LogP contribution is 2.43. The molecule has 0 spiro atoms. The van der Waals surface area contributed by atoms with Crippen molar-refractivity contribution in [3.63, 3.8) is 0 Å². The summed E-state index contributed by atoms with van der Waals surface area (Å²) in [7, 11) is 1.86. The van der Waals surface area contributed by atoms with Crippen LogP contribution in [0.1, 0.15) is 34.6 Å². The summed E-state index contributed by atoms with van der Waals surface area (Å²) in [6.07, 6.45) is 3.03. The minimum atomic E-state index is -0.869. The number of carbonyl (C=O) groups excluding carboxylic acids is 1. The predicted octanol–water partition coefficient (Wildman–Crippen LogP) is 2.27. The van der Waals surface area contributed by atoms with E-state index in [0.29, 0.717) is 17.3 Å². The molecule has 122 valence electrons. The Morgan fingerprint density at radius 3 is 2.87 bits per heavy atom. The Labute approximate surface area is 137 Å². The normalized spacial score (nSPS) is 26.9. The lowest BCUT2D eigenvalue weighted by Crippen LogP contribution is -2.43. The van der Waals surface area contributed by atoms with Gasteiger partial charge in [-0.25, -0.2) is 4.79 Å². The molecular formula is C16H19N3O3S. The predicted molar refractivity (Wildman–Crippen MR) is 86.6 cm³/mol. The van der Waals surface area contributed by atoms with Gasteiger partial charge in [0.05, 0.1) is 10.6 Å². The van der Waals surface area contributed by atoms with Crippen LogP contribution in [0.5, 0.6) is 0 Å². The van der Waals surface area contributed by atoms with Crippen LogP contribution in [0, 0.1) is 18.8 Å². The minimum absolute atomic E-state index is 0.120. The number of aliphatic carboxylic acids is 1. The number of rotatable bonds is 2. The summed E-state index contributed by atoms with van der Waals surface area (Å²) in [6.45, 7) is 2.50. The van der Waals surface area contributed by atoms with Crippen LogP contribution in [0.4, 0.5) is 0 Å². The van der Waals surface area contributed by atoms with E-state index in [1.807, 2.05) is 20.0 Å². The van der Waals surface area contributed by atoms with E-state index >= 15 is 0 Å². The average molecular weight is 333 g/mol. The van der Waals surface area contributed by atoms with Crippen LogP contribution in [-0.4, -0.2) is 44.3 Å². The number of carboxylic acid groups (broad SMARTS) is 1. The molecule has 1 saturated carbocycles. The Balaban J connectivity index is 1.69. The van der Waals surface area contributed by atoms with Crippen LogP contribution in [0.2, 0.25) is 0 Å². The first kappa shape index (κ1) is 14.7. The fraction of sp³-hybridized carbons (Fsp3) is 0.562. The van der Waals surface area contributed by atoms with Crippen LogP contribution in [0.15, 0.2) is 6.07 Å². The van der Waals surface area contributed by atoms with Gasteiger partial charge in [0.2, 0.25) is 0 Å². The molecule has 1 aliphatic carbocycles. The van der Waals surface area contributed by atoms with Crippen molar-refractivity contribution < 1.29 is 14.7 Å². The SMILES string of the molecule is Cc1nn(C)c2sc(C(=O)N3CC4CCCC4C3C(=O)O)cc12. The van der Waals surface area contributed by atoms with Crippen molar-refractivity contribution >= 4 is 33.4 Å². The second-order valence-corrected chi connectivity index (χ2v) is 7.66. The molecular weight excluding hydrogens is 314 g/mol. The molecule has 1 N–H and O–H groups in total. The van der Waals surface area contributed by atoms with Crippen molar-refractivity contribution in [2.24, 2.45) is 18.9 Å². The Morgan fingerprint density at radius 2 is 2.17 bits per heavy atom. The fourth-order valence-electron chi connectivity index (χ4n) is 4.28. The van der Waals surface area contributed by atoms with E-state index in [1.165, 1.54) is 11.3 Å². The first-order valence-corrected chi connectivity index (χ1v) is 8.76. The summed E-state index contributed by atoms with van der Waals surface area (Å²) in [5.41, 5.74) is 0.894. The number of carbonyl (C=O) groups is 2. The Bertz CT molecular complexity index is 774. The molecule has 4 rings (SSSR count). The third-order valence-corrected chi connectivity index (χ3v) is 6.50. The molecule has 0 bridgehead atoms. The van der Waals surface area contributed by atoms with Crippen molar-refractivity contribution in [3.05, 3.63) is 16.6 Å². The van der Waals surface area contributed by atoms with E-state index in [9.17, 15) is 14.7 Å². The molecule has 2 aromatic heterocycles. The minimum Gasteiger partial charge on any atom is -0.480 e. The third-order valence-electron chi connectivity index (χ3n) is 5.31. The van der Waals surface area contributed by atoms with Crippen LogP contribution in [-0.2, 0) is 11.8 Å². The average Bonchev–Trinajstić information content (AvgIpc) is 3.21. The molecule has 3 heterocycles. The van der Waals surface area contributed by atoms with E-state index < -0.39 is 12.0 Å². The number of carboxylic acids is 1. The van der Waals surface area contributed by atoms with E-state index in [4.69, 9.17) is 0 Å². The van der Waals surface area contributed by atoms with Gasteiger partial charge in [-0.3, -0.25) is 9.48 Å². The summed E-state index contributed by atoms with van der Waals surface area (Å²) in [6, 6.07) is 1.19. The molecule has 23 heavy (non-hydrogen) atoms. The monoisotopic (exact) mass is 333 g/mol. The first-order chi connectivity index (χ1) is 11.0. The maximum atomic E-state index is 12.9. The van der Waals surface area contributed by atoms with Crippen molar-refractivity contribution in [1.29, 1.82) is 0 Å². The Morgan fingerprint density at radius 1 is 1.39 bits per heavy atom. The van der Waals surface area contributed by atoms with Gasteiger partial charge in [-0.2, -0.15) is 5.10 Å². The molecule has 1 aliphatic heterocycles. The molecule has 2 aromatic rings. The fourth-order valence-corrected chi connectivity index (χ4v) is 5.36. The number of aryl methyl sites for hydroxylation is 2. The smallest absolute Gasteiger partial charge is 0.326 e. The maximum absolute atomic E-state index is 12.9. The van der Waals surface area contributed by atoms with Crippen molar-refractivity contribution in [1.82, 2.24) is 14.7 Å². The molecule has 3 atom stereocenters. The van der Waals surface area contributed by atoms with Crippen molar-refractivity contribution in [2.45, 2.75) is 32.2 Å². The molecule has 6 nitrogen and oxygen atoms in total. The highest BCUT2D eigenvalue weighted by Gasteiger charge is 2.49. The van der Waals surface area contributed by atoms with Gasteiger partial charge in [0, 0.05) is 19.0 Å². The topological polar surface area (TPSA) is 75.4 Å². The Kier molecular flexibility index (Phi) is 3.23. The standard InChI is InChI=1S/C16H19N3O3S/c1-8-11-6-12(23-15(11)18(2)17-8)14(20)19-7-9-4-3-5-10(9)13(19)16(21)22/h6,9-10,13H,3-5,7H2,1-2H3,(H,21,22). The van der Waals surface area contributed by atoms with Crippen LogP contribution in [0.25, 0.3) is 10.2 Å². The van der Waals surface area contributed by atoms with Gasteiger partial charge in [0.15, 0.2) is 0 Å². The maximum Gasteiger partial charge on any atom is 0.326 e. The lowest BCUT2D eigenvalue weighted by Gasteiger charge is -2.23. The molecule has 7 heteroatoms. The quantitative estimate of drug-likeness (QED) is 0.915. The molecule has 2 aliphatic rings. The second kappa shape index (κ2) is 5.06. The number of nitrogens with zero attached hydrogens (tertiary/aromatic N) is 3. The van der Waals surface area contributed by atoms with Gasteiger partial charge in [0.1, 0.15) is 10.9 Å². The molecule has 0 aromatic carbocycles. The van der Waals surface area contributed by atoms with Crippen LogP contribution < -0.4 is 0 Å². The van der Waals surface area contributed by atoms with Gasteiger partial charge >= 0.3 is 5.97 Å². The zero-order valence-electron chi connectivity index (χ0n) is 13.2. The van der Waals surface area contributed by atoms with Gasteiger partial charge in [-0.1, -0.05) is 6.42 Å². The number of amides is 1. The summed E-state index contributed by atoms with van der Waals surface area (Å²) in [5, 5.41) is 14.9. The number of hydrogen-bond acceptors (Lipinski definition) is 4. The number of aromatic nitrogens is 2. The zero-order valence-corrected chi connectivity index (χ0v) is 14.0. The number of fused-ring (bicyclic) bond motifs is 2. The van der Waals surface area contributed by atoms with Crippen molar-refractivity contribution in [2.75, 3.05) is 6.54 Å². The second-order valence-electron chi connectivity index (χ2n) is 6.63. The van der Waals surface area contributed by atoms with Crippen LogP contribution in [0.3, 0.4) is 0 Å². The molecule has 1 amide bonds. The summed E-state index contributed by atoms with van der Waals surface area (Å²) >= 11 is 1.40. The van der Waals surface area contributed by atoms with E-state index in [-0.39, 0.29) is 11.8 Å².